The first-order valence-corrected chi connectivity index (χ1v) is 10.7. The summed E-state index contributed by atoms with van der Waals surface area (Å²) in [4.78, 5) is 14.3. The minimum atomic E-state index is -3.80. The van der Waals surface area contributed by atoms with Gasteiger partial charge < -0.3 is 13.5 Å². The number of carbonyl (C=O) groups is 1. The number of furan rings is 1. The second-order valence-electron chi connectivity index (χ2n) is 6.26. The van der Waals surface area contributed by atoms with Gasteiger partial charge in [0.25, 0.3) is 5.91 Å². The van der Waals surface area contributed by atoms with Crippen LogP contribution in [0.3, 0.4) is 0 Å². The average molecular weight is 438 g/mol. The first kappa shape index (κ1) is 20.9. The molecule has 0 atom stereocenters. The average Bonchev–Trinajstić information content (AvgIpc) is 3.15. The Morgan fingerprint density at radius 1 is 1.14 bits per heavy atom. The van der Waals surface area contributed by atoms with E-state index in [-0.39, 0.29) is 24.4 Å². The van der Waals surface area contributed by atoms with Gasteiger partial charge >= 0.3 is 10.1 Å². The predicted octanol–water partition coefficient (Wildman–Crippen LogP) is 4.25. The Balaban J connectivity index is 1.98. The van der Waals surface area contributed by atoms with Crippen molar-refractivity contribution < 1.29 is 26.2 Å². The summed E-state index contributed by atoms with van der Waals surface area (Å²) in [6.07, 6.45) is 2.37. The molecule has 1 amide bonds. The number of halogens is 2. The number of hydrogen-bond donors (Lipinski definition) is 0. The highest BCUT2D eigenvalue weighted by Gasteiger charge is 2.23. The lowest BCUT2D eigenvalue weighted by molar-refractivity contribution is 0.0712. The fourth-order valence-corrected chi connectivity index (χ4v) is 3.40. The molecule has 0 radical (unpaired) electrons. The Morgan fingerprint density at radius 2 is 1.90 bits per heavy atom. The molecule has 1 heterocycles. The van der Waals surface area contributed by atoms with Crippen LogP contribution in [0.4, 0.5) is 4.39 Å². The minimum absolute atomic E-state index is 0.0303. The maximum atomic E-state index is 14.2. The molecule has 152 valence electrons. The molecule has 0 aliphatic carbocycles. The van der Waals surface area contributed by atoms with Gasteiger partial charge in [-0.15, -0.1) is 0 Å². The lowest BCUT2D eigenvalue weighted by atomic mass is 10.1. The molecule has 0 fully saturated rings. The van der Waals surface area contributed by atoms with Gasteiger partial charge in [-0.2, -0.15) is 8.42 Å². The number of nitrogens with zero attached hydrogens (tertiary/aromatic N) is 1. The number of amides is 1. The summed E-state index contributed by atoms with van der Waals surface area (Å²) < 4.78 is 47.7. The van der Waals surface area contributed by atoms with E-state index >= 15 is 0 Å². The van der Waals surface area contributed by atoms with Crippen molar-refractivity contribution in [1.29, 1.82) is 0 Å². The van der Waals surface area contributed by atoms with Crippen LogP contribution in [0.25, 0.3) is 0 Å². The smallest absolute Gasteiger partial charge is 0.306 e. The van der Waals surface area contributed by atoms with E-state index in [2.05, 4.69) is 0 Å². The minimum Gasteiger partial charge on any atom is -0.467 e. The lowest BCUT2D eigenvalue weighted by Crippen LogP contribution is -2.31. The van der Waals surface area contributed by atoms with E-state index in [4.69, 9.17) is 20.2 Å². The SMILES string of the molecule is CS(=O)(=O)Oc1ccc(Cl)cc1CN(Cc1ccco1)C(=O)c1ccccc1F. The fourth-order valence-electron chi connectivity index (χ4n) is 2.72. The topological polar surface area (TPSA) is 76.8 Å². The molecule has 0 aliphatic heterocycles. The summed E-state index contributed by atoms with van der Waals surface area (Å²) in [6.45, 7) is -0.0513. The number of hydrogen-bond acceptors (Lipinski definition) is 5. The first-order chi connectivity index (χ1) is 13.7. The summed E-state index contributed by atoms with van der Waals surface area (Å²) in [7, 11) is -3.80. The molecule has 0 unspecified atom stereocenters. The molecule has 0 saturated heterocycles. The highest BCUT2D eigenvalue weighted by atomic mass is 35.5. The molecule has 3 aromatic rings. The molecule has 2 aromatic carbocycles. The van der Waals surface area contributed by atoms with Gasteiger partial charge in [0, 0.05) is 10.6 Å². The standard InChI is InChI=1S/C20H17ClFNO5S/c1-29(25,26)28-19-9-8-15(21)11-14(19)12-23(13-16-5-4-10-27-16)20(24)17-6-2-3-7-18(17)22/h2-11H,12-13H2,1H3. The molecule has 0 spiro atoms. The largest absolute Gasteiger partial charge is 0.467 e. The summed E-state index contributed by atoms with van der Waals surface area (Å²) in [5.74, 6) is -0.754. The normalized spacial score (nSPS) is 11.3. The van der Waals surface area contributed by atoms with E-state index in [0.29, 0.717) is 16.3 Å². The Labute approximate surface area is 172 Å². The molecule has 3 rings (SSSR count). The van der Waals surface area contributed by atoms with Crippen LogP contribution in [0.1, 0.15) is 21.7 Å². The third kappa shape index (κ3) is 5.58. The number of benzene rings is 2. The van der Waals surface area contributed by atoms with Crippen LogP contribution in [-0.2, 0) is 23.2 Å². The third-order valence-corrected chi connectivity index (χ3v) is 4.66. The van der Waals surface area contributed by atoms with E-state index in [0.717, 1.165) is 6.26 Å². The van der Waals surface area contributed by atoms with Crippen molar-refractivity contribution in [3.05, 3.63) is 88.6 Å². The molecular weight excluding hydrogens is 421 g/mol. The van der Waals surface area contributed by atoms with Crippen molar-refractivity contribution in [3.63, 3.8) is 0 Å². The van der Waals surface area contributed by atoms with Crippen molar-refractivity contribution >= 4 is 27.6 Å². The number of carbonyl (C=O) groups excluding carboxylic acids is 1. The van der Waals surface area contributed by atoms with Gasteiger partial charge in [-0.3, -0.25) is 4.79 Å². The fraction of sp³-hybridized carbons (Fsp3) is 0.150. The number of rotatable bonds is 7. The molecular formula is C20H17ClFNO5S. The molecule has 0 N–H and O–H groups in total. The monoisotopic (exact) mass is 437 g/mol. The molecule has 9 heteroatoms. The second-order valence-corrected chi connectivity index (χ2v) is 8.27. The quantitative estimate of drug-likeness (QED) is 0.516. The third-order valence-electron chi connectivity index (χ3n) is 3.94. The van der Waals surface area contributed by atoms with Crippen molar-refractivity contribution in [2.75, 3.05) is 6.26 Å². The van der Waals surface area contributed by atoms with Gasteiger partial charge in [0.05, 0.1) is 31.2 Å². The van der Waals surface area contributed by atoms with Crippen LogP contribution in [0.2, 0.25) is 5.02 Å². The van der Waals surface area contributed by atoms with E-state index in [9.17, 15) is 17.6 Å². The van der Waals surface area contributed by atoms with E-state index in [1.54, 1.807) is 18.2 Å². The summed E-state index contributed by atoms with van der Waals surface area (Å²) >= 11 is 6.05. The van der Waals surface area contributed by atoms with Gasteiger partial charge in [0.2, 0.25) is 0 Å². The molecule has 0 saturated carbocycles. The lowest BCUT2D eigenvalue weighted by Gasteiger charge is -2.23. The van der Waals surface area contributed by atoms with Crippen LogP contribution in [0.5, 0.6) is 5.75 Å². The summed E-state index contributed by atoms with van der Waals surface area (Å²) in [6, 6.07) is 13.3. The van der Waals surface area contributed by atoms with Gasteiger partial charge in [-0.1, -0.05) is 23.7 Å². The maximum Gasteiger partial charge on any atom is 0.306 e. The van der Waals surface area contributed by atoms with Crippen molar-refractivity contribution in [1.82, 2.24) is 4.90 Å². The predicted molar refractivity (Wildman–Crippen MR) is 106 cm³/mol. The zero-order valence-electron chi connectivity index (χ0n) is 15.3. The van der Waals surface area contributed by atoms with Gasteiger partial charge in [-0.05, 0) is 42.5 Å². The Bertz CT molecular complexity index is 1120. The molecule has 1 aromatic heterocycles. The molecule has 29 heavy (non-hydrogen) atoms. The van der Waals surface area contributed by atoms with Crippen LogP contribution >= 0.6 is 11.6 Å². The van der Waals surface area contributed by atoms with Crippen molar-refractivity contribution in [2.45, 2.75) is 13.1 Å². The van der Waals surface area contributed by atoms with E-state index in [1.165, 1.54) is 47.6 Å². The van der Waals surface area contributed by atoms with Crippen LogP contribution in [0, 0.1) is 5.82 Å². The van der Waals surface area contributed by atoms with Gasteiger partial charge in [0.1, 0.15) is 17.3 Å². The second kappa shape index (κ2) is 8.67. The maximum absolute atomic E-state index is 14.2. The Hall–Kier alpha value is -2.84. The highest BCUT2D eigenvalue weighted by Crippen LogP contribution is 2.27. The van der Waals surface area contributed by atoms with Gasteiger partial charge in [0.15, 0.2) is 0 Å². The van der Waals surface area contributed by atoms with Crippen molar-refractivity contribution in [3.8, 4) is 5.75 Å². The zero-order chi connectivity index (χ0) is 21.0. The zero-order valence-corrected chi connectivity index (χ0v) is 16.9. The van der Waals surface area contributed by atoms with Crippen molar-refractivity contribution in [2.24, 2.45) is 0 Å². The highest BCUT2D eigenvalue weighted by molar-refractivity contribution is 7.86. The molecule has 0 bridgehead atoms. The first-order valence-electron chi connectivity index (χ1n) is 8.47. The molecule has 0 aliphatic rings. The van der Waals surface area contributed by atoms with E-state index in [1.807, 2.05) is 0 Å². The summed E-state index contributed by atoms with van der Waals surface area (Å²) in [5, 5.41) is 0.331. The summed E-state index contributed by atoms with van der Waals surface area (Å²) in [5.41, 5.74) is 0.228. The Morgan fingerprint density at radius 3 is 2.55 bits per heavy atom. The van der Waals surface area contributed by atoms with Crippen LogP contribution in [0.15, 0.2) is 65.3 Å². The van der Waals surface area contributed by atoms with Crippen LogP contribution < -0.4 is 4.18 Å². The Kier molecular flexibility index (Phi) is 6.24. The molecule has 6 nitrogen and oxygen atoms in total. The van der Waals surface area contributed by atoms with Crippen LogP contribution in [-0.4, -0.2) is 25.5 Å². The van der Waals surface area contributed by atoms with Gasteiger partial charge in [-0.25, -0.2) is 4.39 Å². The van der Waals surface area contributed by atoms with E-state index < -0.39 is 21.8 Å².